The number of para-hydroxylation sites is 2. The quantitative estimate of drug-likeness (QED) is 0.329. The number of nitrogens with one attached hydrogen (secondary N) is 1. The average Bonchev–Trinajstić information content (AvgIpc) is 3.08. The number of esters is 1. The smallest absolute Gasteiger partial charge is 0.338 e. The van der Waals surface area contributed by atoms with E-state index in [-0.39, 0.29) is 23.5 Å². The van der Waals surface area contributed by atoms with Crippen LogP contribution in [0, 0.1) is 24.0 Å². The summed E-state index contributed by atoms with van der Waals surface area (Å²) >= 11 is 0. The van der Waals surface area contributed by atoms with Crippen molar-refractivity contribution in [2.24, 2.45) is 0 Å². The zero-order chi connectivity index (χ0) is 22.4. The number of rotatable bonds is 8. The molecule has 1 N–H and O–H groups in total. The van der Waals surface area contributed by atoms with Gasteiger partial charge in [0.25, 0.3) is 11.6 Å². The average molecular weight is 425 g/mol. The molecule has 2 aromatic carbocycles. The van der Waals surface area contributed by atoms with E-state index in [1.165, 1.54) is 30.3 Å². The monoisotopic (exact) mass is 425 g/mol. The van der Waals surface area contributed by atoms with E-state index in [0.29, 0.717) is 11.5 Å². The number of benzene rings is 2. The van der Waals surface area contributed by atoms with E-state index in [1.807, 2.05) is 6.92 Å². The number of carbonyl (C=O) groups is 2. The Bertz CT molecular complexity index is 1090. The molecule has 10 nitrogen and oxygen atoms in total. The summed E-state index contributed by atoms with van der Waals surface area (Å²) in [4.78, 5) is 34.5. The molecular weight excluding hydrogens is 406 g/mol. The Morgan fingerprint density at radius 2 is 1.84 bits per heavy atom. The zero-order valence-electron chi connectivity index (χ0n) is 16.8. The van der Waals surface area contributed by atoms with Crippen LogP contribution in [0.15, 0.2) is 53.1 Å². The summed E-state index contributed by atoms with van der Waals surface area (Å²) < 4.78 is 15.7. The summed E-state index contributed by atoms with van der Waals surface area (Å²) in [5.74, 6) is -0.195. The van der Waals surface area contributed by atoms with Gasteiger partial charge in [0.1, 0.15) is 23.8 Å². The maximum absolute atomic E-state index is 12.2. The first-order valence-corrected chi connectivity index (χ1v) is 9.20. The third-order valence-electron chi connectivity index (χ3n) is 4.36. The SMILES string of the molecule is Cc1noc(C)c1COc1ccc(C(=O)OCC(=O)Nc2ccccc2[N+](=O)[O-])cc1. The standard InChI is InChI=1S/C21H19N3O7/c1-13-17(14(2)31-23-13)11-29-16-9-7-15(8-10-16)21(26)30-12-20(25)22-18-5-3-4-6-19(18)24(27)28/h3-10H,11-12H2,1-2H3,(H,22,25). The number of hydrogen-bond donors (Lipinski definition) is 1. The molecule has 1 amide bonds. The van der Waals surface area contributed by atoms with Crippen molar-refractivity contribution in [2.75, 3.05) is 11.9 Å². The van der Waals surface area contributed by atoms with E-state index in [2.05, 4.69) is 10.5 Å². The van der Waals surface area contributed by atoms with E-state index in [4.69, 9.17) is 14.0 Å². The summed E-state index contributed by atoms with van der Waals surface area (Å²) in [5, 5.41) is 17.2. The number of hydrogen-bond acceptors (Lipinski definition) is 8. The molecule has 0 aliphatic rings. The predicted octanol–water partition coefficient (Wildman–Crippen LogP) is 3.57. The highest BCUT2D eigenvalue weighted by atomic mass is 16.6. The molecule has 1 aromatic heterocycles. The van der Waals surface area contributed by atoms with Crippen molar-refractivity contribution in [2.45, 2.75) is 20.5 Å². The number of amides is 1. The number of ether oxygens (including phenoxy) is 2. The van der Waals surface area contributed by atoms with Crippen LogP contribution in [0.3, 0.4) is 0 Å². The van der Waals surface area contributed by atoms with E-state index >= 15 is 0 Å². The van der Waals surface area contributed by atoms with Crippen LogP contribution in [-0.4, -0.2) is 28.6 Å². The van der Waals surface area contributed by atoms with Gasteiger partial charge in [0.2, 0.25) is 0 Å². The lowest BCUT2D eigenvalue weighted by Gasteiger charge is -2.08. The largest absolute Gasteiger partial charge is 0.489 e. The van der Waals surface area contributed by atoms with Crippen molar-refractivity contribution >= 4 is 23.3 Å². The lowest BCUT2D eigenvalue weighted by Crippen LogP contribution is -2.21. The maximum atomic E-state index is 12.2. The van der Waals surface area contributed by atoms with Crippen LogP contribution >= 0.6 is 0 Å². The zero-order valence-corrected chi connectivity index (χ0v) is 16.8. The second-order valence-electron chi connectivity index (χ2n) is 6.51. The molecule has 31 heavy (non-hydrogen) atoms. The maximum Gasteiger partial charge on any atom is 0.338 e. The van der Waals surface area contributed by atoms with E-state index in [0.717, 1.165) is 11.3 Å². The fourth-order valence-electron chi connectivity index (χ4n) is 2.69. The molecule has 0 bridgehead atoms. The Morgan fingerprint density at radius 3 is 2.48 bits per heavy atom. The number of carbonyl (C=O) groups excluding carboxylic acids is 2. The van der Waals surface area contributed by atoms with Crippen molar-refractivity contribution in [1.82, 2.24) is 5.16 Å². The Hall–Kier alpha value is -4.21. The topological polar surface area (TPSA) is 134 Å². The molecule has 0 saturated heterocycles. The number of nitro groups is 1. The molecule has 0 radical (unpaired) electrons. The Kier molecular flexibility index (Phi) is 6.61. The molecule has 160 valence electrons. The van der Waals surface area contributed by atoms with Crippen LogP contribution in [0.25, 0.3) is 0 Å². The number of anilines is 1. The van der Waals surface area contributed by atoms with Gasteiger partial charge in [-0.25, -0.2) is 4.79 Å². The second-order valence-corrected chi connectivity index (χ2v) is 6.51. The van der Waals surface area contributed by atoms with Gasteiger partial charge in [-0.05, 0) is 44.2 Å². The minimum atomic E-state index is -0.713. The van der Waals surface area contributed by atoms with Crippen molar-refractivity contribution in [3.63, 3.8) is 0 Å². The first-order chi connectivity index (χ1) is 14.8. The fraction of sp³-hybridized carbons (Fsp3) is 0.190. The van der Waals surface area contributed by atoms with Crippen LogP contribution in [0.4, 0.5) is 11.4 Å². The summed E-state index contributed by atoms with van der Waals surface area (Å²) in [6, 6.07) is 11.9. The van der Waals surface area contributed by atoms with Gasteiger partial charge in [-0.3, -0.25) is 14.9 Å². The van der Waals surface area contributed by atoms with Crippen LogP contribution in [0.5, 0.6) is 5.75 Å². The summed E-state index contributed by atoms with van der Waals surface area (Å²) in [6.07, 6.45) is 0. The normalized spacial score (nSPS) is 10.4. The molecule has 0 fully saturated rings. The predicted molar refractivity (Wildman–Crippen MR) is 109 cm³/mol. The van der Waals surface area contributed by atoms with Crippen LogP contribution in [0.2, 0.25) is 0 Å². The molecule has 10 heteroatoms. The first kappa shape index (κ1) is 21.5. The van der Waals surface area contributed by atoms with Crippen LogP contribution in [-0.2, 0) is 16.1 Å². The van der Waals surface area contributed by atoms with E-state index in [1.54, 1.807) is 25.1 Å². The van der Waals surface area contributed by atoms with Crippen molar-refractivity contribution < 1.29 is 28.5 Å². The minimum Gasteiger partial charge on any atom is -0.489 e. The van der Waals surface area contributed by atoms with Gasteiger partial charge < -0.3 is 19.3 Å². The van der Waals surface area contributed by atoms with E-state index < -0.39 is 23.4 Å². The number of nitro benzene ring substituents is 1. The summed E-state index contributed by atoms with van der Waals surface area (Å²) in [7, 11) is 0. The van der Waals surface area contributed by atoms with Gasteiger partial charge in [0.15, 0.2) is 6.61 Å². The third-order valence-corrected chi connectivity index (χ3v) is 4.36. The molecule has 3 aromatic rings. The van der Waals surface area contributed by atoms with Crippen molar-refractivity contribution in [3.8, 4) is 5.75 Å². The number of aromatic nitrogens is 1. The van der Waals surface area contributed by atoms with Crippen LogP contribution in [0.1, 0.15) is 27.4 Å². The van der Waals surface area contributed by atoms with E-state index in [9.17, 15) is 19.7 Å². The summed E-state index contributed by atoms with van der Waals surface area (Å²) in [5.41, 5.74) is 1.59. The number of aryl methyl sites for hydroxylation is 2. The third kappa shape index (κ3) is 5.44. The van der Waals surface area contributed by atoms with Gasteiger partial charge in [-0.15, -0.1) is 0 Å². The highest BCUT2D eigenvalue weighted by Gasteiger charge is 2.16. The molecule has 1 heterocycles. The highest BCUT2D eigenvalue weighted by Crippen LogP contribution is 2.23. The first-order valence-electron chi connectivity index (χ1n) is 9.20. The lowest BCUT2D eigenvalue weighted by molar-refractivity contribution is -0.383. The highest BCUT2D eigenvalue weighted by molar-refractivity contribution is 5.96. The Morgan fingerprint density at radius 1 is 1.13 bits per heavy atom. The van der Waals surface area contributed by atoms with Gasteiger partial charge in [-0.1, -0.05) is 17.3 Å². The molecule has 3 rings (SSSR count). The van der Waals surface area contributed by atoms with Crippen LogP contribution < -0.4 is 10.1 Å². The van der Waals surface area contributed by atoms with Gasteiger partial charge in [0, 0.05) is 6.07 Å². The van der Waals surface area contributed by atoms with Gasteiger partial charge in [0.05, 0.1) is 21.7 Å². The van der Waals surface area contributed by atoms with Gasteiger partial charge >= 0.3 is 5.97 Å². The Balaban J connectivity index is 1.51. The molecule has 0 aliphatic carbocycles. The molecule has 0 spiro atoms. The second kappa shape index (κ2) is 9.53. The number of nitrogens with zero attached hydrogens (tertiary/aromatic N) is 2. The lowest BCUT2D eigenvalue weighted by atomic mass is 10.2. The Labute approximate surface area is 176 Å². The van der Waals surface area contributed by atoms with Crippen molar-refractivity contribution in [3.05, 3.63) is 81.2 Å². The summed E-state index contributed by atoms with van der Waals surface area (Å²) in [6.45, 7) is 3.30. The molecule has 0 saturated carbocycles. The molecule has 0 aliphatic heterocycles. The fourth-order valence-corrected chi connectivity index (χ4v) is 2.69. The molecule has 0 unspecified atom stereocenters. The van der Waals surface area contributed by atoms with Gasteiger partial charge in [-0.2, -0.15) is 0 Å². The van der Waals surface area contributed by atoms with Crippen molar-refractivity contribution in [1.29, 1.82) is 0 Å². The minimum absolute atomic E-state index is 0.0216. The molecule has 0 atom stereocenters. The molecular formula is C21H19N3O7.